The maximum atomic E-state index is 12.3. The van der Waals surface area contributed by atoms with Crippen LogP contribution in [0.4, 0.5) is 0 Å². The summed E-state index contributed by atoms with van der Waals surface area (Å²) in [5.74, 6) is 0.806. The molecule has 11 aromatic rings. The van der Waals surface area contributed by atoms with Crippen LogP contribution < -0.4 is 0 Å². The molecule has 0 saturated carbocycles. The maximum Gasteiger partial charge on any atom is 0.148 e. The number of rotatable bonds is 9. The predicted octanol–water partition coefficient (Wildman–Crippen LogP) is 16.6. The van der Waals surface area contributed by atoms with Gasteiger partial charge < -0.3 is 5.11 Å². The molecule has 0 atom stereocenters. The van der Waals surface area contributed by atoms with E-state index in [0.29, 0.717) is 11.4 Å². The first kappa shape index (κ1) is 44.9. The molecule has 0 aliphatic heterocycles. The van der Waals surface area contributed by atoms with Crippen LogP contribution >= 0.6 is 0 Å². The summed E-state index contributed by atoms with van der Waals surface area (Å²) in [4.78, 5) is 10.5. The summed E-state index contributed by atoms with van der Waals surface area (Å²) >= 11 is 0. The largest absolute Gasteiger partial charge is 0.507 e. The van der Waals surface area contributed by atoms with Gasteiger partial charge in [0.15, 0.2) is 0 Å². The average Bonchev–Trinajstić information content (AvgIpc) is 3.79. The van der Waals surface area contributed by atoms with Gasteiger partial charge in [-0.15, -0.1) is 23.8 Å². The van der Waals surface area contributed by atoms with E-state index in [1.165, 1.54) is 16.7 Å². The number of hydrogen-bond donors (Lipinski definition) is 1. The van der Waals surface area contributed by atoms with Gasteiger partial charge in [0.1, 0.15) is 11.6 Å². The Balaban J connectivity index is 0.00000553. The van der Waals surface area contributed by atoms with Crippen molar-refractivity contribution in [1.82, 2.24) is 14.5 Å². The number of phenols is 1. The second-order valence-electron chi connectivity index (χ2n) is 18.3. The first-order valence-electron chi connectivity index (χ1n) is 23.1. The zero-order valence-electron chi connectivity index (χ0n) is 38.5. The van der Waals surface area contributed by atoms with E-state index in [0.717, 1.165) is 83.6 Å². The van der Waals surface area contributed by atoms with Crippen LogP contribution in [0.1, 0.15) is 26.3 Å². The molecule has 5 heteroatoms. The van der Waals surface area contributed by atoms with Crippen LogP contribution in [0.5, 0.6) is 5.75 Å². The van der Waals surface area contributed by atoms with Crippen molar-refractivity contribution in [3.63, 3.8) is 0 Å². The number of imidazole rings is 1. The van der Waals surface area contributed by atoms with Crippen LogP contribution in [0, 0.1) is 6.07 Å². The molecule has 0 amide bonds. The second kappa shape index (κ2) is 19.0. The zero-order valence-corrected chi connectivity index (χ0v) is 40.8. The molecule has 0 unspecified atom stereocenters. The summed E-state index contributed by atoms with van der Waals surface area (Å²) in [6.07, 6.45) is 1.89. The first-order valence-corrected chi connectivity index (χ1v) is 23.1. The number of nitrogens with zero attached hydrogens (tertiary/aromatic N) is 3. The molecule has 4 nitrogen and oxygen atoms in total. The summed E-state index contributed by atoms with van der Waals surface area (Å²) < 4.78 is 2.23. The molecule has 2 heterocycles. The molecule has 0 fully saturated rings. The van der Waals surface area contributed by atoms with Crippen LogP contribution in [0.3, 0.4) is 0 Å². The van der Waals surface area contributed by atoms with E-state index in [4.69, 9.17) is 9.97 Å². The van der Waals surface area contributed by atoms with Gasteiger partial charge in [-0.05, 0) is 80.3 Å². The summed E-state index contributed by atoms with van der Waals surface area (Å²) in [6, 6.07) is 81.8. The molecule has 0 saturated heterocycles. The Morgan fingerprint density at radius 3 is 1.59 bits per heavy atom. The van der Waals surface area contributed by atoms with Crippen LogP contribution in [0.15, 0.2) is 231 Å². The second-order valence-corrected chi connectivity index (χ2v) is 18.3. The van der Waals surface area contributed by atoms with E-state index < -0.39 is 0 Å². The fourth-order valence-corrected chi connectivity index (χ4v) is 9.26. The van der Waals surface area contributed by atoms with Crippen molar-refractivity contribution in [3.8, 4) is 101 Å². The van der Waals surface area contributed by atoms with E-state index in [9.17, 15) is 5.11 Å². The number of fused-ring (bicyclic) bond motifs is 1. The van der Waals surface area contributed by atoms with Gasteiger partial charge in [0, 0.05) is 44.1 Å². The van der Waals surface area contributed by atoms with Crippen LogP contribution in [-0.4, -0.2) is 19.6 Å². The summed E-state index contributed by atoms with van der Waals surface area (Å²) in [6.45, 7) is 6.74. The number of pyridine rings is 1. The summed E-state index contributed by atoms with van der Waals surface area (Å²) in [5, 5.41) is 12.3. The summed E-state index contributed by atoms with van der Waals surface area (Å²) in [5.41, 5.74) is 18.4. The van der Waals surface area contributed by atoms with Crippen molar-refractivity contribution >= 4 is 11.0 Å². The van der Waals surface area contributed by atoms with Crippen molar-refractivity contribution < 1.29 is 26.2 Å². The van der Waals surface area contributed by atoms with Crippen LogP contribution in [0.2, 0.25) is 0 Å². The maximum absolute atomic E-state index is 12.3. The molecule has 9 aromatic carbocycles. The Hall–Kier alpha value is -7.91. The molecule has 0 bridgehead atoms. The van der Waals surface area contributed by atoms with Gasteiger partial charge in [-0.1, -0.05) is 219 Å². The third-order valence-corrected chi connectivity index (χ3v) is 12.9. The fraction of sp³-hybridized carbons (Fsp3) is 0.0625. The predicted molar refractivity (Wildman–Crippen MR) is 282 cm³/mol. The molecule has 0 spiro atoms. The SMILES string of the molecule is CC(C)(C)c1ccc(-n2c(-c3cccc(-c4ccccc4)c3O)nc3c(-c4[c-]c(-c5cc(-c6ccc(-c7ccccc7)cc6)ccn5)cc(-c5ccccc5)c4)cccc32)c(-c2ccccc2)c1.[Pt]. The van der Waals surface area contributed by atoms with Gasteiger partial charge >= 0.3 is 0 Å². The minimum atomic E-state index is -0.0873. The molecular weight excluding hydrogens is 1020 g/mol. The quantitative estimate of drug-likeness (QED) is 0.147. The number of aromatic nitrogens is 3. The molecule has 1 N–H and O–H groups in total. The zero-order chi connectivity index (χ0) is 46.2. The normalized spacial score (nSPS) is 11.3. The molecule has 0 radical (unpaired) electrons. The Morgan fingerprint density at radius 2 is 0.957 bits per heavy atom. The number of phenolic OH excluding ortho intramolecular Hbond substituents is 1. The Labute approximate surface area is 418 Å². The minimum Gasteiger partial charge on any atom is -0.507 e. The number of benzene rings is 9. The van der Waals surface area contributed by atoms with Crippen molar-refractivity contribution in [1.29, 1.82) is 0 Å². The molecule has 11 rings (SSSR count). The van der Waals surface area contributed by atoms with Gasteiger partial charge in [-0.25, -0.2) is 4.98 Å². The fourth-order valence-electron chi connectivity index (χ4n) is 9.26. The number of aromatic hydroxyl groups is 1. The van der Waals surface area contributed by atoms with Crippen LogP contribution in [0.25, 0.3) is 106 Å². The van der Waals surface area contributed by atoms with Crippen molar-refractivity contribution in [2.24, 2.45) is 0 Å². The van der Waals surface area contributed by atoms with Gasteiger partial charge in [0.25, 0.3) is 0 Å². The molecule has 69 heavy (non-hydrogen) atoms. The third-order valence-electron chi connectivity index (χ3n) is 12.9. The molecule has 336 valence electrons. The topological polar surface area (TPSA) is 50.9 Å². The van der Waals surface area contributed by atoms with Gasteiger partial charge in [0.2, 0.25) is 0 Å². The Morgan fingerprint density at radius 1 is 0.435 bits per heavy atom. The van der Waals surface area contributed by atoms with E-state index in [1.807, 2.05) is 66.9 Å². The average molecular weight is 1070 g/mol. The van der Waals surface area contributed by atoms with Gasteiger partial charge in [-0.2, -0.15) is 0 Å². The van der Waals surface area contributed by atoms with Gasteiger partial charge in [0.05, 0.1) is 22.3 Å². The molecule has 0 aliphatic carbocycles. The standard InChI is InChI=1S/C64H48N3O.Pt/c1-64(2,3)53-34-35-59(57(42-53)48-24-14-7-15-25-48)67-60-29-17-26-54(61(60)66-63(67)56-28-16-27-55(62(56)68)47-22-12-6-13-23-47)51-38-50(44-20-10-5-11-21-44)39-52(40-51)58-41-49(36-37-65-58)46-32-30-45(31-33-46)43-18-8-4-9-19-43;/h4-39,41-42,68H,1-3H3;/q-1;. The number of hydrogen-bond acceptors (Lipinski definition) is 3. The Bertz CT molecular complexity index is 3580. The molecular formula is C64H48N3OPt-. The monoisotopic (exact) mass is 1070 g/mol. The third kappa shape index (κ3) is 8.88. The van der Waals surface area contributed by atoms with E-state index >= 15 is 0 Å². The molecule has 0 aliphatic rings. The van der Waals surface area contributed by atoms with Crippen molar-refractivity contribution in [2.75, 3.05) is 0 Å². The molecule has 2 aromatic heterocycles. The first-order chi connectivity index (χ1) is 33.3. The van der Waals surface area contributed by atoms with E-state index in [2.05, 4.69) is 195 Å². The van der Waals surface area contributed by atoms with Crippen molar-refractivity contribution in [3.05, 3.63) is 242 Å². The number of para-hydroxylation sites is 2. The van der Waals surface area contributed by atoms with E-state index in [-0.39, 0.29) is 32.2 Å². The van der Waals surface area contributed by atoms with Crippen molar-refractivity contribution in [2.45, 2.75) is 26.2 Å². The van der Waals surface area contributed by atoms with Gasteiger partial charge in [-0.3, -0.25) is 9.55 Å². The Kier molecular flexibility index (Phi) is 12.4. The minimum absolute atomic E-state index is 0. The summed E-state index contributed by atoms with van der Waals surface area (Å²) in [7, 11) is 0. The van der Waals surface area contributed by atoms with Crippen LogP contribution in [-0.2, 0) is 26.5 Å². The smallest absolute Gasteiger partial charge is 0.148 e. The van der Waals surface area contributed by atoms with E-state index in [1.54, 1.807) is 0 Å².